The molecule has 4 aromatic rings. The number of aromatic nitrogens is 5. The molecule has 11 heteroatoms. The van der Waals surface area contributed by atoms with E-state index in [0.717, 1.165) is 85.1 Å². The highest BCUT2D eigenvalue weighted by Crippen LogP contribution is 2.41. The first-order valence-electron chi connectivity index (χ1n) is 15.8. The zero-order valence-electron chi connectivity index (χ0n) is 25.4. The summed E-state index contributed by atoms with van der Waals surface area (Å²) in [6, 6.07) is 11.8. The van der Waals surface area contributed by atoms with Crippen LogP contribution in [0.25, 0.3) is 6.08 Å². The number of allylic oxidation sites excluding steroid dienone is 1. The third-order valence-corrected chi connectivity index (χ3v) is 9.48. The maximum Gasteiger partial charge on any atom is 0.215 e. The molecule has 2 fully saturated rings. The molecule has 0 radical (unpaired) electrons. The van der Waals surface area contributed by atoms with Crippen LogP contribution in [0.15, 0.2) is 60.3 Å². The summed E-state index contributed by atoms with van der Waals surface area (Å²) in [5, 5.41) is 25.0. The van der Waals surface area contributed by atoms with Gasteiger partial charge in [0.2, 0.25) is 5.88 Å². The predicted octanol–water partition coefficient (Wildman–Crippen LogP) is 4.83. The van der Waals surface area contributed by atoms with Crippen LogP contribution in [0.4, 0.5) is 10.2 Å². The van der Waals surface area contributed by atoms with E-state index in [9.17, 15) is 9.50 Å². The molecule has 1 saturated heterocycles. The second kappa shape index (κ2) is 11.5. The van der Waals surface area contributed by atoms with Gasteiger partial charge in [0.25, 0.3) is 0 Å². The van der Waals surface area contributed by atoms with E-state index >= 15 is 0 Å². The minimum Gasteiger partial charge on any atom is -0.473 e. The van der Waals surface area contributed by atoms with Crippen molar-refractivity contribution < 1.29 is 19.0 Å². The largest absolute Gasteiger partial charge is 0.473 e. The second-order valence-electron chi connectivity index (χ2n) is 12.5. The van der Waals surface area contributed by atoms with Gasteiger partial charge < -0.3 is 24.0 Å². The Morgan fingerprint density at radius 3 is 2.78 bits per heavy atom. The molecule has 234 valence electrons. The van der Waals surface area contributed by atoms with Gasteiger partial charge in [-0.3, -0.25) is 4.68 Å². The lowest BCUT2D eigenvalue weighted by Crippen LogP contribution is -2.38. The van der Waals surface area contributed by atoms with Gasteiger partial charge in [-0.05, 0) is 55.5 Å². The number of halogens is 1. The third-order valence-electron chi connectivity index (χ3n) is 9.48. The lowest BCUT2D eigenvalue weighted by molar-refractivity contribution is -0.0597. The van der Waals surface area contributed by atoms with Crippen LogP contribution in [-0.2, 0) is 43.9 Å². The Hall–Kier alpha value is -4.79. The Bertz CT molecular complexity index is 1890. The number of benzene rings is 1. The maximum absolute atomic E-state index is 14.3. The van der Waals surface area contributed by atoms with E-state index in [2.05, 4.69) is 38.9 Å². The first-order valence-corrected chi connectivity index (χ1v) is 15.8. The van der Waals surface area contributed by atoms with Crippen LogP contribution in [-0.4, -0.2) is 47.7 Å². The molecule has 3 aromatic heterocycles. The van der Waals surface area contributed by atoms with Crippen LogP contribution in [0, 0.1) is 17.1 Å². The third kappa shape index (κ3) is 5.37. The van der Waals surface area contributed by atoms with Crippen LogP contribution in [0.3, 0.4) is 0 Å². The SMILES string of the molecule is N#Cc1ccc(COc2cccc(N3Cc4cn(Cc5nc6c(n5C[C@@H]5CCO5)C=C(C5(O)CCC5)C=CC6)nc4C3)n2)c(F)c1. The highest BCUT2D eigenvalue weighted by molar-refractivity contribution is 5.61. The van der Waals surface area contributed by atoms with E-state index in [1.807, 2.05) is 22.9 Å². The van der Waals surface area contributed by atoms with Crippen LogP contribution in [0.2, 0.25) is 0 Å². The fourth-order valence-corrected chi connectivity index (χ4v) is 6.56. The molecular weight excluding hydrogens is 585 g/mol. The summed E-state index contributed by atoms with van der Waals surface area (Å²) in [5.41, 5.74) is 5.08. The Kier molecular flexibility index (Phi) is 7.19. The van der Waals surface area contributed by atoms with Gasteiger partial charge >= 0.3 is 0 Å². The van der Waals surface area contributed by atoms with Crippen molar-refractivity contribution in [3.05, 3.63) is 106 Å². The fraction of sp³-hybridized carbons (Fsp3) is 0.371. The van der Waals surface area contributed by atoms with Gasteiger partial charge in [0, 0.05) is 43.0 Å². The van der Waals surface area contributed by atoms with Gasteiger partial charge in [-0.2, -0.15) is 15.3 Å². The molecule has 10 nitrogen and oxygen atoms in total. The molecule has 5 heterocycles. The van der Waals surface area contributed by atoms with Crippen LogP contribution < -0.4 is 9.64 Å². The lowest BCUT2D eigenvalue weighted by atomic mass is 9.74. The average Bonchev–Trinajstić information content (AvgIpc) is 3.63. The molecule has 1 aromatic carbocycles. The van der Waals surface area contributed by atoms with Gasteiger partial charge in [0.1, 0.15) is 24.1 Å². The number of nitrogens with zero attached hydrogens (tertiary/aromatic N) is 7. The van der Waals surface area contributed by atoms with Crippen molar-refractivity contribution in [3.63, 3.8) is 0 Å². The Balaban J connectivity index is 0.974. The summed E-state index contributed by atoms with van der Waals surface area (Å²) in [4.78, 5) is 11.9. The molecular formula is C35H34FN7O3. The van der Waals surface area contributed by atoms with Gasteiger partial charge in [-0.1, -0.05) is 24.3 Å². The monoisotopic (exact) mass is 619 g/mol. The van der Waals surface area contributed by atoms with E-state index in [1.54, 1.807) is 18.2 Å². The molecule has 1 N–H and O–H groups in total. The molecule has 0 bridgehead atoms. The molecule has 1 saturated carbocycles. The number of pyridine rings is 1. The average molecular weight is 620 g/mol. The summed E-state index contributed by atoms with van der Waals surface area (Å²) >= 11 is 0. The van der Waals surface area contributed by atoms with Gasteiger partial charge in [0.15, 0.2) is 0 Å². The summed E-state index contributed by atoms with van der Waals surface area (Å²) < 4.78 is 30.2. The zero-order valence-corrected chi connectivity index (χ0v) is 25.4. The number of nitriles is 1. The molecule has 0 amide bonds. The molecule has 4 aliphatic rings. The first kappa shape index (κ1) is 28.7. The van der Waals surface area contributed by atoms with Crippen molar-refractivity contribution >= 4 is 11.9 Å². The minimum absolute atomic E-state index is 0.0150. The number of rotatable bonds is 9. The fourth-order valence-electron chi connectivity index (χ4n) is 6.56. The van der Waals surface area contributed by atoms with Crippen molar-refractivity contribution in [1.82, 2.24) is 24.3 Å². The highest BCUT2D eigenvalue weighted by Gasteiger charge is 2.38. The van der Waals surface area contributed by atoms with Crippen molar-refractivity contribution in [2.45, 2.75) is 76.6 Å². The zero-order chi connectivity index (χ0) is 31.3. The number of fused-ring (bicyclic) bond motifs is 2. The van der Waals surface area contributed by atoms with Crippen molar-refractivity contribution in [2.24, 2.45) is 0 Å². The number of aliphatic hydroxyl groups is 1. The highest BCUT2D eigenvalue weighted by atomic mass is 19.1. The van der Waals surface area contributed by atoms with Crippen molar-refractivity contribution in [1.29, 1.82) is 5.26 Å². The molecule has 46 heavy (non-hydrogen) atoms. The lowest BCUT2D eigenvalue weighted by Gasteiger charge is -2.38. The molecule has 0 spiro atoms. The number of hydrogen-bond donors (Lipinski definition) is 1. The summed E-state index contributed by atoms with van der Waals surface area (Å²) in [6.45, 7) is 3.35. The van der Waals surface area contributed by atoms with E-state index < -0.39 is 11.4 Å². The Morgan fingerprint density at radius 2 is 2.04 bits per heavy atom. The van der Waals surface area contributed by atoms with E-state index in [-0.39, 0.29) is 18.3 Å². The molecule has 2 aliphatic carbocycles. The second-order valence-corrected chi connectivity index (χ2v) is 12.5. The van der Waals surface area contributed by atoms with Crippen molar-refractivity contribution in [2.75, 3.05) is 11.5 Å². The topological polar surface area (TPSA) is 114 Å². The first-order chi connectivity index (χ1) is 22.4. The van der Waals surface area contributed by atoms with Crippen LogP contribution in [0.1, 0.15) is 65.3 Å². The summed E-state index contributed by atoms with van der Waals surface area (Å²) in [5.74, 6) is 1.62. The summed E-state index contributed by atoms with van der Waals surface area (Å²) in [6.07, 6.45) is 13.0. The van der Waals surface area contributed by atoms with E-state index in [1.165, 1.54) is 6.07 Å². The van der Waals surface area contributed by atoms with E-state index in [4.69, 9.17) is 24.8 Å². The Labute approximate surface area is 266 Å². The quantitative estimate of drug-likeness (QED) is 0.283. The van der Waals surface area contributed by atoms with Gasteiger partial charge in [-0.15, -0.1) is 0 Å². The maximum atomic E-state index is 14.3. The van der Waals surface area contributed by atoms with Crippen LogP contribution >= 0.6 is 0 Å². The molecule has 1 atom stereocenters. The number of ether oxygens (including phenoxy) is 2. The van der Waals surface area contributed by atoms with Crippen molar-refractivity contribution in [3.8, 4) is 11.9 Å². The molecule has 8 rings (SSSR count). The minimum atomic E-state index is -0.738. The van der Waals surface area contributed by atoms with E-state index in [0.29, 0.717) is 31.1 Å². The molecule has 0 unspecified atom stereocenters. The number of imidazole rings is 1. The smallest absolute Gasteiger partial charge is 0.215 e. The predicted molar refractivity (Wildman–Crippen MR) is 167 cm³/mol. The van der Waals surface area contributed by atoms with Crippen LogP contribution in [0.5, 0.6) is 5.88 Å². The van der Waals surface area contributed by atoms with Gasteiger partial charge in [0.05, 0.1) is 60.1 Å². The Morgan fingerprint density at radius 1 is 1.15 bits per heavy atom. The normalized spacial score (nSPS) is 19.4. The number of anilines is 1. The molecule has 2 aliphatic heterocycles. The van der Waals surface area contributed by atoms with Gasteiger partial charge in [-0.25, -0.2) is 9.37 Å². The summed E-state index contributed by atoms with van der Waals surface area (Å²) in [7, 11) is 0. The standard InChI is InChI=1S/C35H34FN7O3/c36-28-14-23(16-37)8-9-24(28)22-46-34-7-2-6-32(39-34)41-17-25-18-42(40-30(25)20-41)21-33-38-29-5-1-4-26(35(44)11-3-12-35)15-31(29)43(33)19-27-10-13-45-27/h1-2,4,6-9,14-15,18,27,44H,3,5,10-13,17,19-22H2/t27-/m0/s1. The number of hydrogen-bond acceptors (Lipinski definition) is 8.